The minimum atomic E-state index is -0.329. The molecular weight excluding hydrogens is 240 g/mol. The van der Waals surface area contributed by atoms with Crippen LogP contribution in [0.25, 0.3) is 16.9 Å². The molecule has 4 nitrogen and oxygen atoms in total. The number of carbonyl (C=O) groups excluding carboxylic acids is 1. The number of aromatic nitrogens is 2. The molecule has 1 aromatic carbocycles. The fraction of sp³-hybridized carbons (Fsp3) is 0.0667. The summed E-state index contributed by atoms with van der Waals surface area (Å²) in [6.45, 7) is 0. The molecule has 3 aromatic rings. The third-order valence-electron chi connectivity index (χ3n) is 3.02. The Morgan fingerprint density at radius 3 is 2.68 bits per heavy atom. The van der Waals surface area contributed by atoms with Crippen LogP contribution in [0.1, 0.15) is 10.4 Å². The smallest absolute Gasteiger partial charge is 0.337 e. The molecule has 19 heavy (non-hydrogen) atoms. The van der Waals surface area contributed by atoms with E-state index < -0.39 is 0 Å². The molecule has 4 heteroatoms. The van der Waals surface area contributed by atoms with E-state index in [2.05, 4.69) is 9.72 Å². The Labute approximate surface area is 110 Å². The van der Waals surface area contributed by atoms with E-state index in [1.54, 1.807) is 12.1 Å². The van der Waals surface area contributed by atoms with Gasteiger partial charge in [0, 0.05) is 11.8 Å². The molecule has 0 aliphatic carbocycles. The molecule has 94 valence electrons. The highest BCUT2D eigenvalue weighted by Gasteiger charge is 2.08. The van der Waals surface area contributed by atoms with Gasteiger partial charge in [0.05, 0.1) is 24.6 Å². The van der Waals surface area contributed by atoms with E-state index in [9.17, 15) is 4.79 Å². The predicted molar refractivity (Wildman–Crippen MR) is 72.0 cm³/mol. The van der Waals surface area contributed by atoms with Gasteiger partial charge < -0.3 is 4.74 Å². The van der Waals surface area contributed by atoms with E-state index in [-0.39, 0.29) is 5.97 Å². The third-order valence-corrected chi connectivity index (χ3v) is 3.02. The van der Waals surface area contributed by atoms with Crippen molar-refractivity contribution in [2.75, 3.05) is 7.11 Å². The predicted octanol–water partition coefficient (Wildman–Crippen LogP) is 2.79. The van der Waals surface area contributed by atoms with Crippen molar-refractivity contribution in [1.82, 2.24) is 9.38 Å². The minimum absolute atomic E-state index is 0.329. The van der Waals surface area contributed by atoms with Gasteiger partial charge in [-0.25, -0.2) is 9.78 Å². The molecule has 0 saturated carbocycles. The first kappa shape index (κ1) is 11.5. The van der Waals surface area contributed by atoms with Crippen LogP contribution in [0.3, 0.4) is 0 Å². The number of esters is 1. The second kappa shape index (κ2) is 4.57. The average molecular weight is 252 g/mol. The van der Waals surface area contributed by atoms with Gasteiger partial charge in [0.1, 0.15) is 5.65 Å². The molecule has 3 rings (SSSR count). The zero-order valence-corrected chi connectivity index (χ0v) is 10.4. The first-order valence-corrected chi connectivity index (χ1v) is 5.90. The molecule has 0 fully saturated rings. The maximum absolute atomic E-state index is 11.4. The average Bonchev–Trinajstić information content (AvgIpc) is 2.90. The lowest BCUT2D eigenvalue weighted by Crippen LogP contribution is -2.00. The van der Waals surface area contributed by atoms with Crippen molar-refractivity contribution < 1.29 is 9.53 Å². The Kier molecular flexibility index (Phi) is 2.76. The summed E-state index contributed by atoms with van der Waals surface area (Å²) in [5, 5.41) is 0. The third kappa shape index (κ3) is 1.97. The normalized spacial score (nSPS) is 10.6. The number of imidazole rings is 1. The molecule has 0 bridgehead atoms. The Morgan fingerprint density at radius 1 is 1.16 bits per heavy atom. The van der Waals surface area contributed by atoms with Crippen molar-refractivity contribution in [3.63, 3.8) is 0 Å². The molecule has 0 N–H and O–H groups in total. The number of hydrogen-bond acceptors (Lipinski definition) is 3. The molecule has 2 aromatic heterocycles. The van der Waals surface area contributed by atoms with Gasteiger partial charge in [-0.1, -0.05) is 18.2 Å². The number of hydrogen-bond donors (Lipinski definition) is 0. The van der Waals surface area contributed by atoms with Crippen molar-refractivity contribution in [2.45, 2.75) is 0 Å². The summed E-state index contributed by atoms with van der Waals surface area (Å²) in [5.74, 6) is -0.329. The van der Waals surface area contributed by atoms with Crippen LogP contribution in [0.5, 0.6) is 0 Å². The number of pyridine rings is 1. The maximum atomic E-state index is 11.4. The van der Waals surface area contributed by atoms with Gasteiger partial charge in [-0.2, -0.15) is 0 Å². The summed E-state index contributed by atoms with van der Waals surface area (Å²) in [7, 11) is 1.38. The van der Waals surface area contributed by atoms with Gasteiger partial charge in [0.2, 0.25) is 0 Å². The number of benzene rings is 1. The van der Waals surface area contributed by atoms with Gasteiger partial charge in [0.15, 0.2) is 0 Å². The maximum Gasteiger partial charge on any atom is 0.337 e. The second-order valence-electron chi connectivity index (χ2n) is 4.14. The molecule has 0 amide bonds. The monoisotopic (exact) mass is 252 g/mol. The summed E-state index contributed by atoms with van der Waals surface area (Å²) in [4.78, 5) is 15.7. The molecule has 2 heterocycles. The molecule has 0 saturated heterocycles. The van der Waals surface area contributed by atoms with Crippen LogP contribution in [0.15, 0.2) is 54.9 Å². The zero-order chi connectivity index (χ0) is 13.2. The summed E-state index contributed by atoms with van der Waals surface area (Å²) in [5.41, 5.74) is 3.44. The van der Waals surface area contributed by atoms with Crippen LogP contribution in [-0.4, -0.2) is 22.5 Å². The van der Waals surface area contributed by atoms with Crippen molar-refractivity contribution in [3.05, 3.63) is 60.4 Å². The lowest BCUT2D eigenvalue weighted by Gasteiger charge is -2.03. The summed E-state index contributed by atoms with van der Waals surface area (Å²) in [6.07, 6.45) is 3.79. The Bertz CT molecular complexity index is 729. The largest absolute Gasteiger partial charge is 0.465 e. The first-order valence-electron chi connectivity index (χ1n) is 5.90. The zero-order valence-electron chi connectivity index (χ0n) is 10.4. The number of ether oxygens (including phenoxy) is 1. The van der Waals surface area contributed by atoms with E-state index in [1.165, 1.54) is 7.11 Å². The number of rotatable bonds is 2. The minimum Gasteiger partial charge on any atom is -0.465 e. The second-order valence-corrected chi connectivity index (χ2v) is 4.14. The molecule has 0 spiro atoms. The highest BCUT2D eigenvalue weighted by atomic mass is 16.5. The Balaban J connectivity index is 2.05. The van der Waals surface area contributed by atoms with E-state index in [0.717, 1.165) is 16.9 Å². The van der Waals surface area contributed by atoms with Gasteiger partial charge in [-0.05, 0) is 24.3 Å². The van der Waals surface area contributed by atoms with Gasteiger partial charge in [0.25, 0.3) is 0 Å². The highest BCUT2D eigenvalue weighted by molar-refractivity contribution is 5.89. The molecular formula is C15H12N2O2. The first-order chi connectivity index (χ1) is 9.29. The Morgan fingerprint density at radius 2 is 1.95 bits per heavy atom. The van der Waals surface area contributed by atoms with Crippen LogP contribution < -0.4 is 0 Å². The fourth-order valence-corrected chi connectivity index (χ4v) is 2.04. The van der Waals surface area contributed by atoms with Crippen LogP contribution >= 0.6 is 0 Å². The molecule has 0 radical (unpaired) electrons. The lowest BCUT2D eigenvalue weighted by atomic mass is 10.1. The molecule has 0 aliphatic rings. The van der Waals surface area contributed by atoms with Gasteiger partial charge in [-0.3, -0.25) is 4.40 Å². The van der Waals surface area contributed by atoms with Crippen LogP contribution in [0.2, 0.25) is 0 Å². The van der Waals surface area contributed by atoms with Gasteiger partial charge in [-0.15, -0.1) is 0 Å². The summed E-state index contributed by atoms with van der Waals surface area (Å²) < 4.78 is 6.69. The SMILES string of the molecule is COC(=O)c1ccc(-c2cnc3ccccn23)cc1. The standard InChI is InChI=1S/C15H12N2O2/c1-19-15(18)12-7-5-11(6-8-12)13-10-16-14-4-2-3-9-17(13)14/h2-10H,1H3. The molecule has 0 unspecified atom stereocenters. The van der Waals surface area contributed by atoms with E-state index in [0.29, 0.717) is 5.56 Å². The van der Waals surface area contributed by atoms with E-state index >= 15 is 0 Å². The summed E-state index contributed by atoms with van der Waals surface area (Å²) >= 11 is 0. The van der Waals surface area contributed by atoms with Crippen LogP contribution in [0.4, 0.5) is 0 Å². The quantitative estimate of drug-likeness (QED) is 0.659. The summed E-state index contributed by atoms with van der Waals surface area (Å²) in [6, 6.07) is 13.2. The van der Waals surface area contributed by atoms with E-state index in [4.69, 9.17) is 0 Å². The van der Waals surface area contributed by atoms with Gasteiger partial charge >= 0.3 is 5.97 Å². The number of carbonyl (C=O) groups is 1. The highest BCUT2D eigenvalue weighted by Crippen LogP contribution is 2.21. The number of fused-ring (bicyclic) bond motifs is 1. The number of methoxy groups -OCH3 is 1. The molecule has 0 atom stereocenters. The number of nitrogens with zero attached hydrogens (tertiary/aromatic N) is 2. The van der Waals surface area contributed by atoms with Crippen molar-refractivity contribution in [3.8, 4) is 11.3 Å². The topological polar surface area (TPSA) is 43.6 Å². The Hall–Kier alpha value is -2.62. The van der Waals surface area contributed by atoms with Crippen molar-refractivity contribution in [1.29, 1.82) is 0 Å². The molecule has 0 aliphatic heterocycles. The van der Waals surface area contributed by atoms with Crippen LogP contribution in [0, 0.1) is 0 Å². The van der Waals surface area contributed by atoms with Crippen molar-refractivity contribution in [2.24, 2.45) is 0 Å². The fourth-order valence-electron chi connectivity index (χ4n) is 2.04. The van der Waals surface area contributed by atoms with Crippen molar-refractivity contribution >= 4 is 11.6 Å². The van der Waals surface area contributed by atoms with E-state index in [1.807, 2.05) is 47.1 Å². The van der Waals surface area contributed by atoms with Crippen LogP contribution in [-0.2, 0) is 4.74 Å². The lowest BCUT2D eigenvalue weighted by molar-refractivity contribution is 0.0601.